The first-order valence-electron chi connectivity index (χ1n) is 10.4. The summed E-state index contributed by atoms with van der Waals surface area (Å²) < 4.78 is 43.5. The zero-order valence-corrected chi connectivity index (χ0v) is 19.0. The van der Waals surface area contributed by atoms with Crippen LogP contribution in [0.25, 0.3) is 0 Å². The summed E-state index contributed by atoms with van der Waals surface area (Å²) in [7, 11) is 0. The number of hydrogen-bond donors (Lipinski definition) is 0. The lowest BCUT2D eigenvalue weighted by Crippen LogP contribution is -2.49. The Kier molecular flexibility index (Phi) is 6.64. The van der Waals surface area contributed by atoms with Crippen molar-refractivity contribution in [3.63, 3.8) is 0 Å². The molecule has 3 heterocycles. The minimum absolute atomic E-state index is 0.0584. The first kappa shape index (κ1) is 23.2. The second-order valence-corrected chi connectivity index (χ2v) is 8.79. The Balaban J connectivity index is 1.40. The molecule has 0 saturated carbocycles. The highest BCUT2D eigenvalue weighted by atomic mass is 32.2. The molecule has 0 aliphatic carbocycles. The molecule has 1 aromatic carbocycles. The zero-order valence-electron chi connectivity index (χ0n) is 18.2. The van der Waals surface area contributed by atoms with E-state index in [0.717, 1.165) is 34.2 Å². The third-order valence-corrected chi connectivity index (χ3v) is 6.74. The summed E-state index contributed by atoms with van der Waals surface area (Å²) in [4.78, 5) is 21.7. The number of carbonyl (C=O) groups is 1. The number of nitrogens with zero attached hydrogens (tertiary/aromatic N) is 4. The van der Waals surface area contributed by atoms with Gasteiger partial charge in [-0.05, 0) is 38.1 Å². The standard InChI is InChI=1S/C23H23F3N4O2S/c1-15-19(16(2)32-28-15)14-33-20-6-4-3-5-18(20)22(31)30-11-9-29(10-12-30)21-8-7-17(13-27-21)23(24,25)26/h3-8,13H,9-12,14H2,1-2H3. The van der Waals surface area contributed by atoms with E-state index in [-0.39, 0.29) is 5.91 Å². The first-order valence-corrected chi connectivity index (χ1v) is 11.4. The monoisotopic (exact) mass is 476 g/mol. The Morgan fingerprint density at radius 3 is 2.42 bits per heavy atom. The summed E-state index contributed by atoms with van der Waals surface area (Å²) >= 11 is 1.57. The Hall–Kier alpha value is -3.01. The molecule has 33 heavy (non-hydrogen) atoms. The van der Waals surface area contributed by atoms with Crippen LogP contribution in [0, 0.1) is 13.8 Å². The number of aromatic nitrogens is 2. The van der Waals surface area contributed by atoms with E-state index in [2.05, 4.69) is 10.1 Å². The SMILES string of the molecule is Cc1noc(C)c1CSc1ccccc1C(=O)N1CCN(c2ccc(C(F)(F)F)cn2)CC1. The van der Waals surface area contributed by atoms with Crippen LogP contribution in [0.2, 0.25) is 0 Å². The maximum atomic E-state index is 13.2. The summed E-state index contributed by atoms with van der Waals surface area (Å²) in [6, 6.07) is 9.91. The van der Waals surface area contributed by atoms with E-state index in [4.69, 9.17) is 4.52 Å². The third kappa shape index (κ3) is 5.16. The summed E-state index contributed by atoms with van der Waals surface area (Å²) in [6.07, 6.45) is -3.56. The fraction of sp³-hybridized carbons (Fsp3) is 0.348. The van der Waals surface area contributed by atoms with Gasteiger partial charge in [0.2, 0.25) is 0 Å². The lowest BCUT2D eigenvalue weighted by molar-refractivity contribution is -0.137. The normalized spacial score (nSPS) is 14.6. The van der Waals surface area contributed by atoms with Crippen molar-refractivity contribution in [2.24, 2.45) is 0 Å². The summed E-state index contributed by atoms with van der Waals surface area (Å²) in [5.41, 5.74) is 1.73. The van der Waals surface area contributed by atoms with Gasteiger partial charge >= 0.3 is 6.18 Å². The van der Waals surface area contributed by atoms with Crippen molar-refractivity contribution < 1.29 is 22.5 Å². The van der Waals surface area contributed by atoms with Gasteiger partial charge in [0.15, 0.2) is 0 Å². The molecule has 1 aliphatic heterocycles. The molecule has 0 atom stereocenters. The molecule has 0 unspecified atom stereocenters. The molecule has 0 radical (unpaired) electrons. The molecule has 10 heteroatoms. The Morgan fingerprint density at radius 1 is 1.09 bits per heavy atom. The van der Waals surface area contributed by atoms with Gasteiger partial charge < -0.3 is 14.3 Å². The van der Waals surface area contributed by atoms with Gasteiger partial charge in [-0.2, -0.15) is 13.2 Å². The van der Waals surface area contributed by atoms with Crippen molar-refractivity contribution in [3.8, 4) is 0 Å². The lowest BCUT2D eigenvalue weighted by Gasteiger charge is -2.35. The molecule has 3 aromatic rings. The molecule has 0 bridgehead atoms. The number of anilines is 1. The van der Waals surface area contributed by atoms with Gasteiger partial charge in [0, 0.05) is 48.6 Å². The number of rotatable bonds is 5. The van der Waals surface area contributed by atoms with Crippen LogP contribution >= 0.6 is 11.8 Å². The second kappa shape index (κ2) is 9.46. The van der Waals surface area contributed by atoms with Crippen LogP contribution in [-0.4, -0.2) is 47.1 Å². The third-order valence-electron chi connectivity index (χ3n) is 5.64. The van der Waals surface area contributed by atoms with Crippen LogP contribution in [0.15, 0.2) is 52.0 Å². The van der Waals surface area contributed by atoms with Crippen LogP contribution in [0.4, 0.5) is 19.0 Å². The van der Waals surface area contributed by atoms with Crippen LogP contribution < -0.4 is 4.90 Å². The number of piperazine rings is 1. The number of hydrogen-bond acceptors (Lipinski definition) is 6. The molecule has 0 N–H and O–H groups in total. The number of aryl methyl sites for hydroxylation is 2. The molecular weight excluding hydrogens is 453 g/mol. The predicted octanol–water partition coefficient (Wildman–Crippen LogP) is 4.96. The van der Waals surface area contributed by atoms with Crippen molar-refractivity contribution in [1.82, 2.24) is 15.0 Å². The average molecular weight is 477 g/mol. The van der Waals surface area contributed by atoms with Gasteiger partial charge in [0.25, 0.3) is 5.91 Å². The highest BCUT2D eigenvalue weighted by molar-refractivity contribution is 7.98. The highest BCUT2D eigenvalue weighted by Gasteiger charge is 2.31. The number of alkyl halides is 3. The van der Waals surface area contributed by atoms with E-state index in [1.807, 2.05) is 43.0 Å². The van der Waals surface area contributed by atoms with Crippen LogP contribution in [0.1, 0.15) is 32.9 Å². The molecule has 0 spiro atoms. The molecule has 1 fully saturated rings. The average Bonchev–Trinajstić information content (AvgIpc) is 3.14. The maximum absolute atomic E-state index is 13.2. The Morgan fingerprint density at radius 2 is 1.82 bits per heavy atom. The van der Waals surface area contributed by atoms with Crippen molar-refractivity contribution in [2.75, 3.05) is 31.1 Å². The summed E-state index contributed by atoms with van der Waals surface area (Å²) in [5.74, 6) is 1.85. The van der Waals surface area contributed by atoms with E-state index in [1.165, 1.54) is 6.07 Å². The van der Waals surface area contributed by atoms with E-state index in [0.29, 0.717) is 43.3 Å². The first-order chi connectivity index (χ1) is 15.7. The molecule has 4 rings (SSSR count). The van der Waals surface area contributed by atoms with Gasteiger partial charge in [-0.3, -0.25) is 4.79 Å². The quantitative estimate of drug-likeness (QED) is 0.485. The Labute approximate surface area is 193 Å². The molecule has 2 aromatic heterocycles. The summed E-state index contributed by atoms with van der Waals surface area (Å²) in [5, 5.41) is 3.98. The molecule has 6 nitrogen and oxygen atoms in total. The van der Waals surface area contributed by atoms with Crippen molar-refractivity contribution in [3.05, 3.63) is 70.7 Å². The van der Waals surface area contributed by atoms with Gasteiger partial charge in [-0.15, -0.1) is 11.8 Å². The second-order valence-electron chi connectivity index (χ2n) is 7.77. The van der Waals surface area contributed by atoms with Gasteiger partial charge in [-0.25, -0.2) is 4.98 Å². The van der Waals surface area contributed by atoms with Crippen molar-refractivity contribution >= 4 is 23.5 Å². The van der Waals surface area contributed by atoms with E-state index in [1.54, 1.807) is 16.7 Å². The van der Waals surface area contributed by atoms with Gasteiger partial charge in [-0.1, -0.05) is 17.3 Å². The smallest absolute Gasteiger partial charge is 0.361 e. The fourth-order valence-corrected chi connectivity index (χ4v) is 4.87. The predicted molar refractivity (Wildman–Crippen MR) is 119 cm³/mol. The molecule has 1 amide bonds. The molecule has 1 aliphatic rings. The Bertz CT molecular complexity index is 1100. The topological polar surface area (TPSA) is 62.5 Å². The van der Waals surface area contributed by atoms with E-state index in [9.17, 15) is 18.0 Å². The summed E-state index contributed by atoms with van der Waals surface area (Å²) in [6.45, 7) is 5.69. The van der Waals surface area contributed by atoms with Gasteiger partial charge in [0.05, 0.1) is 16.8 Å². The number of amides is 1. The number of pyridine rings is 1. The molecule has 1 saturated heterocycles. The number of thioether (sulfide) groups is 1. The zero-order chi connectivity index (χ0) is 23.6. The minimum Gasteiger partial charge on any atom is -0.361 e. The van der Waals surface area contributed by atoms with Crippen molar-refractivity contribution in [1.29, 1.82) is 0 Å². The maximum Gasteiger partial charge on any atom is 0.417 e. The number of benzene rings is 1. The largest absolute Gasteiger partial charge is 0.417 e. The minimum atomic E-state index is -4.41. The highest BCUT2D eigenvalue weighted by Crippen LogP contribution is 2.31. The lowest BCUT2D eigenvalue weighted by atomic mass is 10.1. The van der Waals surface area contributed by atoms with Gasteiger partial charge in [0.1, 0.15) is 11.6 Å². The van der Waals surface area contributed by atoms with Crippen LogP contribution in [-0.2, 0) is 11.9 Å². The van der Waals surface area contributed by atoms with E-state index >= 15 is 0 Å². The number of halogens is 3. The fourth-order valence-electron chi connectivity index (χ4n) is 3.68. The van der Waals surface area contributed by atoms with E-state index < -0.39 is 11.7 Å². The molecular formula is C23H23F3N4O2S. The molecule has 174 valence electrons. The van der Waals surface area contributed by atoms with Crippen LogP contribution in [0.5, 0.6) is 0 Å². The number of carbonyl (C=O) groups excluding carboxylic acids is 1. The van der Waals surface area contributed by atoms with Crippen LogP contribution in [0.3, 0.4) is 0 Å². The van der Waals surface area contributed by atoms with Crippen molar-refractivity contribution in [2.45, 2.75) is 30.7 Å².